The Labute approximate surface area is 97.3 Å². The zero-order chi connectivity index (χ0) is 12.0. The van der Waals surface area contributed by atoms with E-state index >= 15 is 0 Å². The Morgan fingerprint density at radius 2 is 1.40 bits per heavy atom. The maximum absolute atomic E-state index is 9.33. The van der Waals surface area contributed by atoms with Crippen molar-refractivity contribution in [2.75, 3.05) is 20.2 Å². The largest absolute Gasteiger partial charge is 0.397 e. The van der Waals surface area contributed by atoms with Crippen LogP contribution in [0.15, 0.2) is 25.3 Å². The minimum atomic E-state index is -4.16. The molecule has 0 saturated heterocycles. The van der Waals surface area contributed by atoms with Crippen molar-refractivity contribution in [1.82, 2.24) is 0 Å². The van der Waals surface area contributed by atoms with Crippen molar-refractivity contribution in [3.05, 3.63) is 25.3 Å². The highest BCUT2D eigenvalue weighted by atomic mass is 35.5. The summed E-state index contributed by atoms with van der Waals surface area (Å²) in [6, 6.07) is 0. The van der Waals surface area contributed by atoms with E-state index in [9.17, 15) is 8.42 Å². The van der Waals surface area contributed by atoms with Crippen LogP contribution in [0.2, 0.25) is 0 Å². The highest BCUT2D eigenvalue weighted by Crippen LogP contribution is 1.74. The van der Waals surface area contributed by atoms with Crippen LogP contribution in [0.5, 0.6) is 0 Å². The van der Waals surface area contributed by atoms with Crippen LogP contribution in [0.1, 0.15) is 0 Å². The predicted molar refractivity (Wildman–Crippen MR) is 64.3 cm³/mol. The molecular weight excluding hydrogens is 244 g/mol. The molecule has 0 aliphatic rings. The molecule has 0 fully saturated rings. The molecule has 0 saturated carbocycles. The van der Waals surface area contributed by atoms with Crippen LogP contribution in [0.25, 0.3) is 0 Å². The second kappa shape index (κ2) is 19.2. The maximum atomic E-state index is 9.33. The molecule has 0 heterocycles. The predicted octanol–water partition coefficient (Wildman–Crippen LogP) is 0.120. The van der Waals surface area contributed by atoms with Gasteiger partial charge < -0.3 is 11.5 Å². The molecule has 0 aliphatic heterocycles. The van der Waals surface area contributed by atoms with Crippen molar-refractivity contribution in [3.63, 3.8) is 0 Å². The van der Waals surface area contributed by atoms with Crippen LogP contribution in [-0.2, 0) is 14.6 Å². The van der Waals surface area contributed by atoms with Crippen molar-refractivity contribution in [2.45, 2.75) is 0 Å². The number of nitrogens with two attached hydrogens (primary N) is 2. The van der Waals surface area contributed by atoms with E-state index in [-0.39, 0.29) is 12.4 Å². The highest BCUT2D eigenvalue weighted by molar-refractivity contribution is 7.80. The van der Waals surface area contributed by atoms with Gasteiger partial charge in [-0.2, -0.15) is 8.42 Å². The molecule has 15 heavy (non-hydrogen) atoms. The van der Waals surface area contributed by atoms with Crippen molar-refractivity contribution >= 4 is 22.8 Å². The summed E-state index contributed by atoms with van der Waals surface area (Å²) in [6.07, 6.45) is 3.31. The molecule has 0 rings (SSSR count). The summed E-state index contributed by atoms with van der Waals surface area (Å²) in [7, 11) is -3.29. The monoisotopic (exact) mass is 262 g/mol. The Kier molecular flexibility index (Phi) is 30.7. The van der Waals surface area contributed by atoms with Crippen LogP contribution in [0.3, 0.4) is 0 Å². The average molecular weight is 263 g/mol. The van der Waals surface area contributed by atoms with Gasteiger partial charge in [0.1, 0.15) is 0 Å². The van der Waals surface area contributed by atoms with Gasteiger partial charge in [0, 0.05) is 13.1 Å². The average Bonchev–Trinajstić information content (AvgIpc) is 2.17. The molecule has 0 radical (unpaired) electrons. The topological polar surface area (TPSA) is 116 Å². The third-order valence-corrected chi connectivity index (χ3v) is 0.965. The molecule has 0 unspecified atom stereocenters. The second-order valence-electron chi connectivity index (χ2n) is 1.64. The van der Waals surface area contributed by atoms with Gasteiger partial charge in [0.05, 0.1) is 7.11 Å². The van der Waals surface area contributed by atoms with Crippen LogP contribution in [-0.4, -0.2) is 33.2 Å². The summed E-state index contributed by atoms with van der Waals surface area (Å²) in [5.74, 6) is 0. The molecule has 0 bridgehead atoms. The molecule has 0 amide bonds. The molecule has 0 aromatic carbocycles. The second-order valence-corrected chi connectivity index (χ2v) is 2.83. The normalized spacial score (nSPS) is 8.00. The first-order valence-corrected chi connectivity index (χ1v) is 4.91. The molecular formula is C7H19ClN2O4S. The third-order valence-electron chi connectivity index (χ3n) is 0.544. The van der Waals surface area contributed by atoms with Crippen molar-refractivity contribution in [2.24, 2.45) is 11.5 Å². The number of hydrogen-bond donors (Lipinski definition) is 3. The molecule has 5 N–H and O–H groups in total. The Morgan fingerprint density at radius 1 is 1.27 bits per heavy atom. The minimum Gasteiger partial charge on any atom is -0.327 e. The number of rotatable bonds is 3. The zero-order valence-corrected chi connectivity index (χ0v) is 10.3. The SMILES string of the molecule is C=CCN.C=CCN.COS(=O)(=O)O.Cl. The van der Waals surface area contributed by atoms with Gasteiger partial charge in [-0.1, -0.05) is 12.2 Å². The van der Waals surface area contributed by atoms with Crippen LogP contribution >= 0.6 is 12.4 Å². The van der Waals surface area contributed by atoms with Gasteiger partial charge in [-0.05, 0) is 0 Å². The molecule has 0 spiro atoms. The fourth-order valence-corrected chi connectivity index (χ4v) is 0. The Balaban J connectivity index is -0.0000000606. The fraction of sp³-hybridized carbons (Fsp3) is 0.429. The summed E-state index contributed by atoms with van der Waals surface area (Å²) < 4.78 is 29.7. The van der Waals surface area contributed by atoms with E-state index in [0.717, 1.165) is 7.11 Å². The van der Waals surface area contributed by atoms with E-state index in [2.05, 4.69) is 17.3 Å². The van der Waals surface area contributed by atoms with Crippen LogP contribution in [0.4, 0.5) is 0 Å². The summed E-state index contributed by atoms with van der Waals surface area (Å²) >= 11 is 0. The molecule has 6 nitrogen and oxygen atoms in total. The van der Waals surface area contributed by atoms with E-state index in [4.69, 9.17) is 16.0 Å². The van der Waals surface area contributed by atoms with Crippen molar-refractivity contribution in [1.29, 1.82) is 0 Å². The Morgan fingerprint density at radius 3 is 1.40 bits per heavy atom. The maximum Gasteiger partial charge on any atom is 0.397 e. The zero-order valence-electron chi connectivity index (χ0n) is 8.63. The molecule has 0 aliphatic carbocycles. The first-order valence-electron chi connectivity index (χ1n) is 3.54. The number of halogens is 1. The quantitative estimate of drug-likeness (QED) is 0.491. The summed E-state index contributed by atoms with van der Waals surface area (Å²) in [5, 5.41) is 0. The standard InChI is InChI=1S/2C3H7N.CH4O4S.ClH/c2*1-2-3-4;1-5-6(2,3)4;/h2*2H,1,3-4H2;1H3,(H,2,3,4);1H. The lowest BCUT2D eigenvalue weighted by Crippen LogP contribution is -1.96. The van der Waals surface area contributed by atoms with Gasteiger partial charge in [0.25, 0.3) is 0 Å². The first kappa shape index (κ1) is 24.0. The lowest BCUT2D eigenvalue weighted by molar-refractivity contribution is 0.324. The summed E-state index contributed by atoms with van der Waals surface area (Å²) in [4.78, 5) is 0. The van der Waals surface area contributed by atoms with Crippen LogP contribution in [0, 0.1) is 0 Å². The van der Waals surface area contributed by atoms with Crippen LogP contribution < -0.4 is 11.5 Å². The molecule has 0 atom stereocenters. The summed E-state index contributed by atoms with van der Waals surface area (Å²) in [5.41, 5.74) is 9.82. The highest BCUT2D eigenvalue weighted by Gasteiger charge is 1.93. The van der Waals surface area contributed by atoms with E-state index < -0.39 is 10.4 Å². The lowest BCUT2D eigenvalue weighted by Gasteiger charge is -1.82. The van der Waals surface area contributed by atoms with Crippen molar-refractivity contribution < 1.29 is 17.2 Å². The van der Waals surface area contributed by atoms with Gasteiger partial charge in [-0.15, -0.1) is 25.6 Å². The van der Waals surface area contributed by atoms with Gasteiger partial charge >= 0.3 is 10.4 Å². The molecule has 94 valence electrons. The summed E-state index contributed by atoms with van der Waals surface area (Å²) in [6.45, 7) is 7.87. The molecule has 8 heteroatoms. The molecule has 0 aromatic rings. The number of hydrogen-bond acceptors (Lipinski definition) is 5. The minimum absolute atomic E-state index is 0. The third kappa shape index (κ3) is 87.1. The van der Waals surface area contributed by atoms with Gasteiger partial charge in [0.2, 0.25) is 0 Å². The first-order chi connectivity index (χ1) is 6.39. The Bertz CT molecular complexity index is 211. The lowest BCUT2D eigenvalue weighted by atomic mass is 10.7. The Hall–Kier alpha value is -0.440. The van der Waals surface area contributed by atoms with E-state index in [1.54, 1.807) is 12.2 Å². The fourth-order valence-electron chi connectivity index (χ4n) is 0. The van der Waals surface area contributed by atoms with Gasteiger partial charge in [-0.3, -0.25) is 8.74 Å². The van der Waals surface area contributed by atoms with E-state index in [1.165, 1.54) is 0 Å². The van der Waals surface area contributed by atoms with Crippen molar-refractivity contribution in [3.8, 4) is 0 Å². The van der Waals surface area contributed by atoms with E-state index in [0.29, 0.717) is 13.1 Å². The van der Waals surface area contributed by atoms with E-state index in [1.807, 2.05) is 0 Å². The molecule has 0 aromatic heterocycles. The van der Waals surface area contributed by atoms with Gasteiger partial charge in [0.15, 0.2) is 0 Å². The smallest absolute Gasteiger partial charge is 0.327 e. The van der Waals surface area contributed by atoms with Gasteiger partial charge in [-0.25, -0.2) is 0 Å².